The smallest absolute Gasteiger partial charge is 0.164 e. The molecule has 0 atom stereocenters. The fourth-order valence-electron chi connectivity index (χ4n) is 8.03. The summed E-state index contributed by atoms with van der Waals surface area (Å²) in [5.74, 6) is 1.85. The van der Waals surface area contributed by atoms with Crippen LogP contribution in [0.4, 0.5) is 0 Å². The minimum absolute atomic E-state index is 0.598. The normalized spacial score (nSPS) is 11.8. The fraction of sp³-hybridized carbons (Fsp3) is 0. The molecular formula is C49H29N3O. The molecule has 0 N–H and O–H groups in total. The summed E-state index contributed by atoms with van der Waals surface area (Å²) >= 11 is 0. The summed E-state index contributed by atoms with van der Waals surface area (Å²) in [5.41, 5.74) is 13.8. The summed E-state index contributed by atoms with van der Waals surface area (Å²) in [7, 11) is 0. The molecule has 11 rings (SSSR count). The van der Waals surface area contributed by atoms with Gasteiger partial charge in [-0.3, -0.25) is 0 Å². The Morgan fingerprint density at radius 2 is 0.925 bits per heavy atom. The molecule has 0 spiro atoms. The van der Waals surface area contributed by atoms with E-state index in [1.165, 1.54) is 38.6 Å². The van der Waals surface area contributed by atoms with Crippen LogP contribution in [0.5, 0.6) is 0 Å². The molecule has 0 unspecified atom stereocenters. The number of aromatic nitrogens is 3. The second-order valence-electron chi connectivity index (χ2n) is 13.6. The van der Waals surface area contributed by atoms with Gasteiger partial charge in [-0.05, 0) is 86.1 Å². The molecule has 10 aromatic rings. The maximum Gasteiger partial charge on any atom is 0.164 e. The van der Waals surface area contributed by atoms with Crippen molar-refractivity contribution < 1.29 is 4.42 Å². The topological polar surface area (TPSA) is 51.8 Å². The average Bonchev–Trinajstić information content (AvgIpc) is 3.78. The summed E-state index contributed by atoms with van der Waals surface area (Å²) in [6.07, 6.45) is 0. The molecule has 2 heterocycles. The number of nitrogens with zero attached hydrogens (tertiary/aromatic N) is 3. The predicted octanol–water partition coefficient (Wildman–Crippen LogP) is 12.9. The highest BCUT2D eigenvalue weighted by Gasteiger charge is 2.24. The third-order valence-corrected chi connectivity index (χ3v) is 10.5. The number of hydrogen-bond acceptors (Lipinski definition) is 4. The largest absolute Gasteiger partial charge is 0.455 e. The van der Waals surface area contributed by atoms with Crippen LogP contribution in [0.3, 0.4) is 0 Å². The summed E-state index contributed by atoms with van der Waals surface area (Å²) in [4.78, 5) is 15.6. The van der Waals surface area contributed by atoms with Crippen LogP contribution < -0.4 is 0 Å². The summed E-state index contributed by atoms with van der Waals surface area (Å²) in [5, 5.41) is 4.44. The van der Waals surface area contributed by atoms with Crippen molar-refractivity contribution in [1.29, 1.82) is 0 Å². The van der Waals surface area contributed by atoms with Crippen molar-refractivity contribution in [2.45, 2.75) is 0 Å². The van der Waals surface area contributed by atoms with Gasteiger partial charge in [0.05, 0.1) is 0 Å². The quantitative estimate of drug-likeness (QED) is 0.182. The number of hydrogen-bond donors (Lipinski definition) is 0. The first-order chi connectivity index (χ1) is 26.3. The Kier molecular flexibility index (Phi) is 6.52. The van der Waals surface area contributed by atoms with Crippen molar-refractivity contribution in [2.24, 2.45) is 0 Å². The van der Waals surface area contributed by atoms with E-state index in [4.69, 9.17) is 19.4 Å². The maximum atomic E-state index is 6.72. The third-order valence-electron chi connectivity index (χ3n) is 10.5. The minimum Gasteiger partial charge on any atom is -0.455 e. The van der Waals surface area contributed by atoms with Gasteiger partial charge in [0.1, 0.15) is 11.2 Å². The molecular weight excluding hydrogens is 647 g/mol. The molecule has 0 saturated heterocycles. The van der Waals surface area contributed by atoms with Crippen LogP contribution >= 0.6 is 0 Å². The van der Waals surface area contributed by atoms with Crippen molar-refractivity contribution in [3.63, 3.8) is 0 Å². The van der Waals surface area contributed by atoms with Crippen LogP contribution in [-0.4, -0.2) is 15.0 Å². The maximum absolute atomic E-state index is 6.72. The summed E-state index contributed by atoms with van der Waals surface area (Å²) < 4.78 is 6.72. The number of para-hydroxylation sites is 1. The molecule has 0 bridgehead atoms. The molecule has 0 amide bonds. The van der Waals surface area contributed by atoms with Crippen LogP contribution in [0.2, 0.25) is 0 Å². The lowest BCUT2D eigenvalue weighted by molar-refractivity contribution is 0.670. The highest BCUT2D eigenvalue weighted by atomic mass is 16.3. The zero-order chi connectivity index (χ0) is 34.9. The monoisotopic (exact) mass is 675 g/mol. The molecule has 4 nitrogen and oxygen atoms in total. The zero-order valence-electron chi connectivity index (χ0n) is 28.5. The minimum atomic E-state index is 0.598. The second-order valence-corrected chi connectivity index (χ2v) is 13.6. The number of fused-ring (bicyclic) bond motifs is 6. The van der Waals surface area contributed by atoms with Crippen LogP contribution in [-0.2, 0) is 0 Å². The lowest BCUT2D eigenvalue weighted by atomic mass is 9.95. The van der Waals surface area contributed by atoms with Gasteiger partial charge < -0.3 is 4.42 Å². The second kappa shape index (κ2) is 11.7. The molecule has 1 aliphatic rings. The lowest BCUT2D eigenvalue weighted by Gasteiger charge is -2.12. The Morgan fingerprint density at radius 1 is 0.321 bits per heavy atom. The Morgan fingerprint density at radius 3 is 1.75 bits per heavy atom. The van der Waals surface area contributed by atoms with Crippen molar-refractivity contribution in [2.75, 3.05) is 0 Å². The van der Waals surface area contributed by atoms with Crippen molar-refractivity contribution >= 4 is 32.7 Å². The average molecular weight is 676 g/mol. The Bertz CT molecular complexity index is 3060. The molecule has 4 heteroatoms. The molecule has 0 aliphatic heterocycles. The van der Waals surface area contributed by atoms with Crippen molar-refractivity contribution in [1.82, 2.24) is 15.0 Å². The van der Waals surface area contributed by atoms with E-state index in [0.717, 1.165) is 55.3 Å². The number of benzene rings is 8. The van der Waals surface area contributed by atoms with Crippen LogP contribution in [0.25, 0.3) is 111 Å². The van der Waals surface area contributed by atoms with Crippen LogP contribution in [0, 0.1) is 0 Å². The molecule has 0 saturated carbocycles. The first-order valence-electron chi connectivity index (χ1n) is 17.9. The van der Waals surface area contributed by atoms with Gasteiger partial charge in [0, 0.05) is 33.0 Å². The van der Waals surface area contributed by atoms with E-state index in [9.17, 15) is 0 Å². The van der Waals surface area contributed by atoms with Gasteiger partial charge in [0.15, 0.2) is 17.5 Å². The first kappa shape index (κ1) is 29.5. The number of rotatable bonds is 5. The van der Waals surface area contributed by atoms with Crippen molar-refractivity contribution in [3.8, 4) is 78.7 Å². The Hall–Kier alpha value is -7.17. The van der Waals surface area contributed by atoms with Crippen LogP contribution in [0.1, 0.15) is 0 Å². The van der Waals surface area contributed by atoms with Crippen LogP contribution in [0.15, 0.2) is 180 Å². The molecule has 0 fully saturated rings. The lowest BCUT2D eigenvalue weighted by Crippen LogP contribution is -2.01. The standard InChI is InChI=1S/C49H29N3O/c1-3-13-30(14-4-1)32-17-11-18-33(27-32)36-25-26-41(45-40-22-9-10-24-43(40)53-46(36)45)49-51-47(31-15-5-2-6-16-31)50-48(52-49)35-28-34-19-12-23-39-37-20-7-8-21-38(37)42(29-35)44(34)39/h1-29H. The van der Waals surface area contributed by atoms with E-state index >= 15 is 0 Å². The SMILES string of the molecule is c1ccc(-c2cccc(-c3ccc(-c4nc(-c5ccccc5)nc(-c5cc6c7c(cccc7c5)-c5ccccc5-6)n4)c4c3oc3ccccc34)c2)cc1. The van der Waals surface area contributed by atoms with E-state index in [0.29, 0.717) is 17.5 Å². The van der Waals surface area contributed by atoms with Gasteiger partial charge in [-0.25, -0.2) is 15.0 Å². The first-order valence-corrected chi connectivity index (χ1v) is 17.9. The summed E-state index contributed by atoms with van der Waals surface area (Å²) in [6, 6.07) is 61.4. The van der Waals surface area contributed by atoms with Crippen molar-refractivity contribution in [3.05, 3.63) is 176 Å². The highest BCUT2D eigenvalue weighted by molar-refractivity contribution is 6.17. The van der Waals surface area contributed by atoms with E-state index in [1.807, 2.05) is 36.4 Å². The third kappa shape index (κ3) is 4.73. The van der Waals surface area contributed by atoms with Gasteiger partial charge in [-0.15, -0.1) is 0 Å². The van der Waals surface area contributed by atoms with E-state index in [2.05, 4.69) is 140 Å². The predicted molar refractivity (Wildman–Crippen MR) is 216 cm³/mol. The van der Waals surface area contributed by atoms with E-state index in [-0.39, 0.29) is 0 Å². The molecule has 2 aromatic heterocycles. The van der Waals surface area contributed by atoms with Gasteiger partial charge >= 0.3 is 0 Å². The number of furan rings is 1. The fourth-order valence-corrected chi connectivity index (χ4v) is 8.03. The highest BCUT2D eigenvalue weighted by Crippen LogP contribution is 2.49. The zero-order valence-corrected chi connectivity index (χ0v) is 28.5. The van der Waals surface area contributed by atoms with E-state index < -0.39 is 0 Å². The summed E-state index contributed by atoms with van der Waals surface area (Å²) in [6.45, 7) is 0. The Labute approximate surface area is 305 Å². The van der Waals surface area contributed by atoms with Gasteiger partial charge in [-0.2, -0.15) is 0 Å². The Balaban J connectivity index is 1.15. The van der Waals surface area contributed by atoms with Gasteiger partial charge in [-0.1, -0.05) is 140 Å². The molecule has 1 aliphatic carbocycles. The van der Waals surface area contributed by atoms with Gasteiger partial charge in [0.25, 0.3) is 0 Å². The molecule has 246 valence electrons. The van der Waals surface area contributed by atoms with Gasteiger partial charge in [0.2, 0.25) is 0 Å². The molecule has 8 aromatic carbocycles. The van der Waals surface area contributed by atoms with E-state index in [1.54, 1.807) is 0 Å². The molecule has 53 heavy (non-hydrogen) atoms. The molecule has 0 radical (unpaired) electrons.